The van der Waals surface area contributed by atoms with Crippen LogP contribution in [0.5, 0.6) is 0 Å². The highest BCUT2D eigenvalue weighted by molar-refractivity contribution is 5.74. The number of isocyanates is 2. The minimum Gasteiger partial charge on any atom is -0.444 e. The fourth-order valence-corrected chi connectivity index (χ4v) is 9.92. The molecular weight excluding hydrogens is 606 g/mol. The lowest BCUT2D eigenvalue weighted by molar-refractivity contribution is 0.0607. The Morgan fingerprint density at radius 2 is 1.46 bits per heavy atom. The largest absolute Gasteiger partial charge is 0.444 e. The van der Waals surface area contributed by atoms with E-state index >= 15 is 0 Å². The first-order valence-electron chi connectivity index (χ1n) is 18.1. The van der Waals surface area contributed by atoms with Gasteiger partial charge in [-0.1, -0.05) is 81.4 Å². The van der Waals surface area contributed by atoms with Gasteiger partial charge in [0.1, 0.15) is 6.10 Å². The number of alkyl carbamates (subject to hydrolysis) is 1. The standard InChI is InChI=1S/C38H63N5O5/c1-25-26(2)28(4)32(27(25)3)13-11-12-31(48-34(47)43-30-15-36(7,8)19-37(9,17-30)21-39-23-44)18-40-33(46)41-22-38(10)16-29(42-24-45)14-35(5,6)20-38/h11,13,25-32H,12,14-22H2,1-10H3,(H,43,47)(H2,40,41,46)/b13-11+. The Bertz CT molecular complexity index is 1240. The third-order valence-corrected chi connectivity index (χ3v) is 11.8. The van der Waals surface area contributed by atoms with Gasteiger partial charge in [-0.25, -0.2) is 29.2 Å². The second kappa shape index (κ2) is 16.2. The van der Waals surface area contributed by atoms with Crippen molar-refractivity contribution in [2.24, 2.45) is 61.2 Å². The summed E-state index contributed by atoms with van der Waals surface area (Å²) in [6.45, 7) is 23.1. The number of nitrogens with zero attached hydrogens (tertiary/aromatic N) is 2. The molecule has 3 saturated carbocycles. The third-order valence-electron chi connectivity index (χ3n) is 11.8. The van der Waals surface area contributed by atoms with Gasteiger partial charge in [0.2, 0.25) is 12.2 Å². The molecule has 10 heteroatoms. The molecule has 0 aromatic carbocycles. The third kappa shape index (κ3) is 11.3. The topological polar surface area (TPSA) is 138 Å². The van der Waals surface area contributed by atoms with Crippen LogP contribution in [-0.2, 0) is 14.3 Å². The van der Waals surface area contributed by atoms with Crippen LogP contribution in [0.15, 0.2) is 22.1 Å². The summed E-state index contributed by atoms with van der Waals surface area (Å²) >= 11 is 0. The molecule has 3 fully saturated rings. The smallest absolute Gasteiger partial charge is 0.407 e. The molecule has 48 heavy (non-hydrogen) atoms. The molecule has 0 heterocycles. The van der Waals surface area contributed by atoms with Crippen molar-refractivity contribution < 1.29 is 23.9 Å². The Balaban J connectivity index is 1.65. The van der Waals surface area contributed by atoms with Gasteiger partial charge in [-0.2, -0.15) is 0 Å². The van der Waals surface area contributed by atoms with Gasteiger partial charge in [-0.05, 0) is 89.8 Å². The highest BCUT2D eigenvalue weighted by Crippen LogP contribution is 2.48. The number of urea groups is 1. The molecule has 0 saturated heterocycles. The Labute approximate surface area is 289 Å². The number of carbonyl (C=O) groups excluding carboxylic acids is 4. The van der Waals surface area contributed by atoms with E-state index in [2.05, 4.69) is 107 Å². The zero-order valence-corrected chi connectivity index (χ0v) is 31.3. The molecule has 3 amide bonds. The Kier molecular flexibility index (Phi) is 13.3. The highest BCUT2D eigenvalue weighted by atomic mass is 16.6. The van der Waals surface area contributed by atoms with Crippen molar-refractivity contribution in [3.05, 3.63) is 12.2 Å². The van der Waals surface area contributed by atoms with E-state index in [-0.39, 0.29) is 46.3 Å². The van der Waals surface area contributed by atoms with E-state index in [1.165, 1.54) is 0 Å². The summed E-state index contributed by atoms with van der Waals surface area (Å²) in [4.78, 5) is 56.1. The monoisotopic (exact) mass is 669 g/mol. The van der Waals surface area contributed by atoms with Crippen LogP contribution >= 0.6 is 0 Å². The quantitative estimate of drug-likeness (QED) is 0.113. The van der Waals surface area contributed by atoms with E-state index in [0.29, 0.717) is 61.9 Å². The minimum absolute atomic E-state index is 0.00855. The first kappa shape index (κ1) is 39.5. The van der Waals surface area contributed by atoms with Gasteiger partial charge < -0.3 is 20.7 Å². The van der Waals surface area contributed by atoms with Crippen LogP contribution in [0.3, 0.4) is 0 Å². The molecular formula is C38H63N5O5. The van der Waals surface area contributed by atoms with Gasteiger partial charge >= 0.3 is 12.1 Å². The molecule has 270 valence electrons. The van der Waals surface area contributed by atoms with Gasteiger partial charge in [0, 0.05) is 19.0 Å². The van der Waals surface area contributed by atoms with Crippen LogP contribution in [0.4, 0.5) is 9.59 Å². The van der Waals surface area contributed by atoms with Crippen molar-refractivity contribution in [2.45, 2.75) is 132 Å². The number of hydrogen-bond donors (Lipinski definition) is 3. The molecule has 0 aromatic rings. The van der Waals surface area contributed by atoms with E-state index in [1.807, 2.05) is 0 Å². The summed E-state index contributed by atoms with van der Waals surface area (Å²) in [6.07, 6.45) is 11.9. The molecule has 3 rings (SSSR count). The van der Waals surface area contributed by atoms with Crippen molar-refractivity contribution in [1.29, 1.82) is 0 Å². The maximum Gasteiger partial charge on any atom is 0.407 e. The minimum atomic E-state index is -0.563. The summed E-state index contributed by atoms with van der Waals surface area (Å²) < 4.78 is 5.99. The zero-order chi connectivity index (χ0) is 35.9. The molecule has 3 aliphatic rings. The van der Waals surface area contributed by atoms with Crippen LogP contribution in [0.2, 0.25) is 0 Å². The molecule has 0 aliphatic heterocycles. The molecule has 10 nitrogen and oxygen atoms in total. The van der Waals surface area contributed by atoms with Crippen molar-refractivity contribution in [3.8, 4) is 0 Å². The zero-order valence-electron chi connectivity index (χ0n) is 31.3. The van der Waals surface area contributed by atoms with Crippen LogP contribution in [-0.4, -0.2) is 62.1 Å². The molecule has 3 aliphatic carbocycles. The lowest BCUT2D eigenvalue weighted by Gasteiger charge is -2.45. The molecule has 0 bridgehead atoms. The van der Waals surface area contributed by atoms with Crippen LogP contribution < -0.4 is 16.0 Å². The van der Waals surface area contributed by atoms with Gasteiger partial charge in [-0.3, -0.25) is 0 Å². The van der Waals surface area contributed by atoms with E-state index in [9.17, 15) is 19.2 Å². The second-order valence-electron chi connectivity index (χ2n) is 18.0. The summed E-state index contributed by atoms with van der Waals surface area (Å²) in [5.74, 6) is 2.85. The highest BCUT2D eigenvalue weighted by Gasteiger charge is 2.43. The lowest BCUT2D eigenvalue weighted by Crippen LogP contribution is -2.50. The number of carbonyl (C=O) groups is 2. The number of rotatable bonds is 12. The van der Waals surface area contributed by atoms with Crippen molar-refractivity contribution in [3.63, 3.8) is 0 Å². The van der Waals surface area contributed by atoms with Gasteiger partial charge in [-0.15, -0.1) is 0 Å². The lowest BCUT2D eigenvalue weighted by atomic mass is 9.62. The van der Waals surface area contributed by atoms with Crippen LogP contribution in [0, 0.1) is 51.2 Å². The Morgan fingerprint density at radius 1 is 0.833 bits per heavy atom. The van der Waals surface area contributed by atoms with Crippen molar-refractivity contribution in [1.82, 2.24) is 16.0 Å². The second-order valence-corrected chi connectivity index (χ2v) is 18.0. The number of hydrogen-bond acceptors (Lipinski definition) is 7. The van der Waals surface area contributed by atoms with Crippen molar-refractivity contribution in [2.75, 3.05) is 19.6 Å². The Morgan fingerprint density at radius 3 is 2.08 bits per heavy atom. The van der Waals surface area contributed by atoms with E-state index < -0.39 is 12.2 Å². The summed E-state index contributed by atoms with van der Waals surface area (Å²) in [5.41, 5.74) is -0.500. The summed E-state index contributed by atoms with van der Waals surface area (Å²) in [6, 6.07) is -0.559. The molecule has 0 aromatic heterocycles. The Hall–Kier alpha value is -2.96. The average molecular weight is 670 g/mol. The molecule has 9 atom stereocenters. The fourth-order valence-electron chi connectivity index (χ4n) is 9.92. The normalized spacial score (nSPS) is 36.2. The number of ether oxygens (including phenoxy) is 1. The number of aliphatic imine (C=N–C) groups is 2. The summed E-state index contributed by atoms with van der Waals surface area (Å²) in [7, 11) is 0. The predicted octanol–water partition coefficient (Wildman–Crippen LogP) is 7.34. The number of nitrogens with one attached hydrogen (secondary N) is 3. The fraction of sp³-hybridized carbons (Fsp3) is 0.842. The maximum absolute atomic E-state index is 13.3. The number of amides is 3. The van der Waals surface area contributed by atoms with Gasteiger partial charge in [0.15, 0.2) is 0 Å². The molecule has 0 radical (unpaired) electrons. The van der Waals surface area contributed by atoms with E-state index in [4.69, 9.17) is 4.74 Å². The maximum atomic E-state index is 13.3. The first-order valence-corrected chi connectivity index (χ1v) is 18.1. The van der Waals surface area contributed by atoms with Gasteiger partial charge in [0.25, 0.3) is 0 Å². The van der Waals surface area contributed by atoms with E-state index in [1.54, 1.807) is 12.2 Å². The average Bonchev–Trinajstić information content (AvgIpc) is 3.13. The van der Waals surface area contributed by atoms with Gasteiger partial charge in [0.05, 0.1) is 19.1 Å². The molecule has 0 spiro atoms. The SMILES string of the molecule is CC1C(C)C(C)C(/C=C/CC(CNC(=O)NCC2(C)CC(N=C=O)CC(C)(C)C2)OC(=O)NC2CC(C)(C)CC(C)(CN=C=O)C2)C1C. The predicted molar refractivity (Wildman–Crippen MR) is 189 cm³/mol. The number of allylic oxidation sites excluding steroid dienone is 1. The summed E-state index contributed by atoms with van der Waals surface area (Å²) in [5, 5.41) is 9.05. The van der Waals surface area contributed by atoms with Crippen molar-refractivity contribution >= 4 is 24.3 Å². The molecule has 9 unspecified atom stereocenters. The molecule has 3 N–H and O–H groups in total. The van der Waals surface area contributed by atoms with E-state index in [0.717, 1.165) is 25.7 Å². The first-order chi connectivity index (χ1) is 22.3. The van der Waals surface area contributed by atoms with Crippen LogP contribution in [0.1, 0.15) is 114 Å². The van der Waals surface area contributed by atoms with Crippen LogP contribution in [0.25, 0.3) is 0 Å².